The molecule has 0 saturated carbocycles. The molecule has 3 heterocycles. The molecular formula is C19H26N4O2S. The number of carbonyl (C=O) groups excluding carboxylic acids is 1. The maximum atomic E-state index is 12.4. The van der Waals surface area contributed by atoms with Gasteiger partial charge in [-0.15, -0.1) is 11.3 Å². The molecule has 0 unspecified atom stereocenters. The maximum Gasteiger partial charge on any atom is 0.410 e. The first-order valence-electron chi connectivity index (χ1n) is 9.40. The van der Waals surface area contributed by atoms with Gasteiger partial charge in [-0.2, -0.15) is 0 Å². The fraction of sp³-hybridized carbons (Fsp3) is 0.632. The van der Waals surface area contributed by atoms with Crippen molar-refractivity contribution in [2.75, 3.05) is 31.1 Å². The van der Waals surface area contributed by atoms with E-state index in [2.05, 4.69) is 14.9 Å². The minimum Gasteiger partial charge on any atom is -0.444 e. The van der Waals surface area contributed by atoms with E-state index in [0.717, 1.165) is 43.1 Å². The highest BCUT2D eigenvalue weighted by Gasteiger charge is 2.27. The predicted octanol–water partition coefficient (Wildman–Crippen LogP) is 3.63. The normalized spacial score (nSPS) is 18.1. The van der Waals surface area contributed by atoms with Crippen LogP contribution in [0.3, 0.4) is 0 Å². The molecule has 0 spiro atoms. The molecule has 0 aromatic carbocycles. The summed E-state index contributed by atoms with van der Waals surface area (Å²) in [4.78, 5) is 28.3. The monoisotopic (exact) mass is 374 g/mol. The number of amides is 1. The van der Waals surface area contributed by atoms with Crippen LogP contribution in [0.5, 0.6) is 0 Å². The molecule has 1 amide bonds. The lowest BCUT2D eigenvalue weighted by atomic mass is 10.2. The molecular weight excluding hydrogens is 348 g/mol. The second kappa shape index (κ2) is 6.68. The fourth-order valence-electron chi connectivity index (χ4n) is 3.79. The molecule has 6 nitrogen and oxygen atoms in total. The Morgan fingerprint density at radius 2 is 1.96 bits per heavy atom. The third-order valence-electron chi connectivity index (χ3n) is 4.93. The van der Waals surface area contributed by atoms with Gasteiger partial charge < -0.3 is 14.5 Å². The number of carbonyl (C=O) groups is 1. The molecule has 2 aromatic rings. The number of anilines is 1. The highest BCUT2D eigenvalue weighted by atomic mass is 32.1. The van der Waals surface area contributed by atoms with E-state index >= 15 is 0 Å². The van der Waals surface area contributed by atoms with Gasteiger partial charge in [0.2, 0.25) is 0 Å². The summed E-state index contributed by atoms with van der Waals surface area (Å²) in [5.41, 5.74) is 0.993. The molecule has 2 aromatic heterocycles. The molecule has 0 atom stereocenters. The third-order valence-corrected chi connectivity index (χ3v) is 6.13. The van der Waals surface area contributed by atoms with E-state index in [4.69, 9.17) is 4.74 Å². The van der Waals surface area contributed by atoms with Crippen molar-refractivity contribution < 1.29 is 9.53 Å². The molecule has 1 aliphatic heterocycles. The van der Waals surface area contributed by atoms with E-state index in [0.29, 0.717) is 6.54 Å². The van der Waals surface area contributed by atoms with Crippen LogP contribution >= 0.6 is 11.3 Å². The summed E-state index contributed by atoms with van der Waals surface area (Å²) in [6.45, 7) is 8.78. The lowest BCUT2D eigenvalue weighted by Crippen LogP contribution is -2.39. The molecule has 0 N–H and O–H groups in total. The van der Waals surface area contributed by atoms with Gasteiger partial charge in [0.05, 0.1) is 5.39 Å². The lowest BCUT2D eigenvalue weighted by molar-refractivity contribution is 0.0263. The van der Waals surface area contributed by atoms with Gasteiger partial charge in [0.15, 0.2) is 0 Å². The fourth-order valence-corrected chi connectivity index (χ4v) is 5.01. The Morgan fingerprint density at radius 3 is 2.77 bits per heavy atom. The number of fused-ring (bicyclic) bond motifs is 3. The van der Waals surface area contributed by atoms with Crippen molar-refractivity contribution in [3.8, 4) is 0 Å². The van der Waals surface area contributed by atoms with E-state index in [-0.39, 0.29) is 6.09 Å². The maximum absolute atomic E-state index is 12.4. The van der Waals surface area contributed by atoms with Gasteiger partial charge in [-0.3, -0.25) is 0 Å². The number of ether oxygens (including phenoxy) is 1. The van der Waals surface area contributed by atoms with E-state index in [1.165, 1.54) is 28.7 Å². The van der Waals surface area contributed by atoms with E-state index < -0.39 is 5.60 Å². The number of hydrogen-bond acceptors (Lipinski definition) is 6. The summed E-state index contributed by atoms with van der Waals surface area (Å²) >= 11 is 1.82. The molecule has 0 bridgehead atoms. The van der Waals surface area contributed by atoms with Crippen LogP contribution in [0.25, 0.3) is 10.2 Å². The number of aryl methyl sites for hydroxylation is 2. The summed E-state index contributed by atoms with van der Waals surface area (Å²) in [7, 11) is 0. The van der Waals surface area contributed by atoms with Gasteiger partial charge in [0.1, 0.15) is 22.6 Å². The number of thiophene rings is 1. The van der Waals surface area contributed by atoms with Crippen LogP contribution in [-0.4, -0.2) is 52.7 Å². The van der Waals surface area contributed by atoms with Crippen molar-refractivity contribution >= 4 is 33.5 Å². The van der Waals surface area contributed by atoms with Gasteiger partial charge in [0.25, 0.3) is 0 Å². The zero-order chi connectivity index (χ0) is 18.3. The largest absolute Gasteiger partial charge is 0.444 e. The van der Waals surface area contributed by atoms with E-state index in [1.54, 1.807) is 6.33 Å². The summed E-state index contributed by atoms with van der Waals surface area (Å²) in [5, 5.41) is 1.25. The molecule has 26 heavy (non-hydrogen) atoms. The predicted molar refractivity (Wildman–Crippen MR) is 104 cm³/mol. The molecule has 0 radical (unpaired) electrons. The Kier molecular flexibility index (Phi) is 4.50. The number of aromatic nitrogens is 2. The van der Waals surface area contributed by atoms with Gasteiger partial charge >= 0.3 is 6.09 Å². The molecule has 4 rings (SSSR count). The van der Waals surface area contributed by atoms with Crippen molar-refractivity contribution in [1.29, 1.82) is 0 Å². The van der Waals surface area contributed by atoms with E-state index in [9.17, 15) is 4.79 Å². The Labute approximate surface area is 158 Å². The highest BCUT2D eigenvalue weighted by Crippen LogP contribution is 2.40. The zero-order valence-corrected chi connectivity index (χ0v) is 16.6. The standard InChI is InChI=1S/C19H26N4O2S/c1-19(2,3)25-18(24)23-9-5-8-22(10-11-23)16-15-13-6-4-7-14(13)26-17(15)21-12-20-16/h12H,4-11H2,1-3H3. The first-order chi connectivity index (χ1) is 12.4. The average Bonchev–Trinajstić information content (AvgIpc) is 3.05. The van der Waals surface area contributed by atoms with Gasteiger partial charge in [0, 0.05) is 31.1 Å². The van der Waals surface area contributed by atoms with Crippen molar-refractivity contribution in [2.24, 2.45) is 0 Å². The van der Waals surface area contributed by atoms with Crippen molar-refractivity contribution in [3.63, 3.8) is 0 Å². The summed E-state index contributed by atoms with van der Waals surface area (Å²) < 4.78 is 5.54. The van der Waals surface area contributed by atoms with Crippen LogP contribution in [0.4, 0.5) is 10.6 Å². The second-order valence-electron chi connectivity index (χ2n) is 8.04. The van der Waals surface area contributed by atoms with Gasteiger partial charge in [-0.05, 0) is 52.0 Å². The topological polar surface area (TPSA) is 58.6 Å². The number of hydrogen-bond donors (Lipinski definition) is 0. The Hall–Kier alpha value is -1.89. The van der Waals surface area contributed by atoms with Gasteiger partial charge in [-0.25, -0.2) is 14.8 Å². The Bertz CT molecular complexity index is 827. The Balaban J connectivity index is 1.55. The highest BCUT2D eigenvalue weighted by molar-refractivity contribution is 7.19. The zero-order valence-electron chi connectivity index (χ0n) is 15.7. The summed E-state index contributed by atoms with van der Waals surface area (Å²) in [6.07, 6.45) is 5.91. The molecule has 2 aliphatic rings. The molecule has 7 heteroatoms. The molecule has 1 fully saturated rings. The summed E-state index contributed by atoms with van der Waals surface area (Å²) in [5.74, 6) is 1.04. The minimum atomic E-state index is -0.459. The first-order valence-corrected chi connectivity index (χ1v) is 10.2. The van der Waals surface area contributed by atoms with Crippen molar-refractivity contribution in [1.82, 2.24) is 14.9 Å². The van der Waals surface area contributed by atoms with Crippen molar-refractivity contribution in [2.45, 2.75) is 52.1 Å². The molecule has 1 saturated heterocycles. The number of rotatable bonds is 1. The van der Waals surface area contributed by atoms with Crippen LogP contribution in [0.1, 0.15) is 44.1 Å². The van der Waals surface area contributed by atoms with Crippen LogP contribution in [0.15, 0.2) is 6.33 Å². The quantitative estimate of drug-likeness (QED) is 0.763. The minimum absolute atomic E-state index is 0.219. The van der Waals surface area contributed by atoms with Crippen molar-refractivity contribution in [3.05, 3.63) is 16.8 Å². The van der Waals surface area contributed by atoms with E-state index in [1.807, 2.05) is 37.0 Å². The Morgan fingerprint density at radius 1 is 1.12 bits per heavy atom. The van der Waals surface area contributed by atoms with Crippen LogP contribution < -0.4 is 4.90 Å². The second-order valence-corrected chi connectivity index (χ2v) is 9.13. The average molecular weight is 375 g/mol. The van der Waals surface area contributed by atoms with Crippen LogP contribution in [-0.2, 0) is 17.6 Å². The third kappa shape index (κ3) is 3.37. The first kappa shape index (κ1) is 17.5. The SMILES string of the molecule is CC(C)(C)OC(=O)N1CCCN(c2ncnc3sc4c(c23)CCC4)CC1. The van der Waals surface area contributed by atoms with Gasteiger partial charge in [-0.1, -0.05) is 0 Å². The molecule has 1 aliphatic carbocycles. The summed E-state index contributed by atoms with van der Waals surface area (Å²) in [6, 6.07) is 0. The molecule has 140 valence electrons. The lowest BCUT2D eigenvalue weighted by Gasteiger charge is -2.26. The smallest absolute Gasteiger partial charge is 0.410 e. The number of nitrogens with zero attached hydrogens (tertiary/aromatic N) is 4. The van der Waals surface area contributed by atoms with Crippen LogP contribution in [0.2, 0.25) is 0 Å². The van der Waals surface area contributed by atoms with Crippen LogP contribution in [0, 0.1) is 0 Å².